The van der Waals surface area contributed by atoms with Crippen molar-refractivity contribution in [3.05, 3.63) is 0 Å². The topological polar surface area (TPSA) is 37.3 Å². The van der Waals surface area contributed by atoms with Gasteiger partial charge in [0.05, 0.1) is 6.42 Å². The number of hydrogen-bond acceptors (Lipinski definition) is 1. The van der Waals surface area contributed by atoms with Crippen LogP contribution >= 0.6 is 0 Å². The van der Waals surface area contributed by atoms with Gasteiger partial charge in [0, 0.05) is 0 Å². The van der Waals surface area contributed by atoms with Crippen LogP contribution in [0, 0.1) is 11.3 Å². The SMILES string of the molecule is CCC(C)C(C)(CC)CC(=O)O. The summed E-state index contributed by atoms with van der Waals surface area (Å²) in [5, 5.41) is 8.72. The summed E-state index contributed by atoms with van der Waals surface area (Å²) in [4.78, 5) is 10.6. The van der Waals surface area contributed by atoms with Crippen molar-refractivity contribution in [2.75, 3.05) is 0 Å². The monoisotopic (exact) mass is 172 g/mol. The zero-order valence-corrected chi connectivity index (χ0v) is 8.55. The van der Waals surface area contributed by atoms with Crippen molar-refractivity contribution in [1.82, 2.24) is 0 Å². The van der Waals surface area contributed by atoms with Crippen LogP contribution in [0.5, 0.6) is 0 Å². The Morgan fingerprint density at radius 1 is 1.50 bits per heavy atom. The lowest BCUT2D eigenvalue weighted by Crippen LogP contribution is -2.27. The minimum absolute atomic E-state index is 0.0272. The summed E-state index contributed by atoms with van der Waals surface area (Å²) in [6.45, 7) is 8.37. The molecule has 0 bridgehead atoms. The van der Waals surface area contributed by atoms with Crippen molar-refractivity contribution in [1.29, 1.82) is 0 Å². The molecule has 0 heterocycles. The molecule has 0 spiro atoms. The fourth-order valence-corrected chi connectivity index (χ4v) is 1.49. The predicted octanol–water partition coefficient (Wildman–Crippen LogP) is 2.92. The Morgan fingerprint density at radius 2 is 2.00 bits per heavy atom. The van der Waals surface area contributed by atoms with Crippen LogP contribution < -0.4 is 0 Å². The van der Waals surface area contributed by atoms with E-state index >= 15 is 0 Å². The number of carboxylic acids is 1. The molecule has 0 saturated heterocycles. The van der Waals surface area contributed by atoms with Gasteiger partial charge in [0.15, 0.2) is 0 Å². The summed E-state index contributed by atoms with van der Waals surface area (Å²) in [7, 11) is 0. The van der Waals surface area contributed by atoms with Crippen LogP contribution in [-0.4, -0.2) is 11.1 Å². The first-order valence-electron chi connectivity index (χ1n) is 4.68. The Kier molecular flexibility index (Phi) is 4.29. The van der Waals surface area contributed by atoms with E-state index in [1.807, 2.05) is 0 Å². The van der Waals surface area contributed by atoms with Crippen LogP contribution in [0.4, 0.5) is 0 Å². The van der Waals surface area contributed by atoms with Gasteiger partial charge < -0.3 is 5.11 Å². The summed E-state index contributed by atoms with van der Waals surface area (Å²) < 4.78 is 0. The molecule has 2 unspecified atom stereocenters. The molecular formula is C10H20O2. The number of carboxylic acid groups (broad SMARTS) is 1. The Morgan fingerprint density at radius 3 is 2.25 bits per heavy atom. The van der Waals surface area contributed by atoms with Gasteiger partial charge in [-0.15, -0.1) is 0 Å². The highest BCUT2D eigenvalue weighted by molar-refractivity contribution is 5.67. The van der Waals surface area contributed by atoms with Crippen LogP contribution in [-0.2, 0) is 4.79 Å². The second-order valence-corrected chi connectivity index (χ2v) is 3.89. The quantitative estimate of drug-likeness (QED) is 0.692. The maximum atomic E-state index is 10.6. The molecule has 1 N–H and O–H groups in total. The molecule has 0 aliphatic carbocycles. The molecule has 2 nitrogen and oxygen atoms in total. The summed E-state index contributed by atoms with van der Waals surface area (Å²) in [6.07, 6.45) is 2.28. The van der Waals surface area contributed by atoms with Crippen molar-refractivity contribution in [2.45, 2.75) is 47.0 Å². The zero-order valence-electron chi connectivity index (χ0n) is 8.55. The lowest BCUT2D eigenvalue weighted by Gasteiger charge is -2.32. The molecule has 2 heteroatoms. The molecule has 0 aromatic carbocycles. The van der Waals surface area contributed by atoms with Crippen LogP contribution in [0.15, 0.2) is 0 Å². The molecule has 0 rings (SSSR count). The Labute approximate surface area is 75.0 Å². The van der Waals surface area contributed by atoms with E-state index in [0.29, 0.717) is 12.3 Å². The molecule has 0 saturated carbocycles. The van der Waals surface area contributed by atoms with E-state index in [1.165, 1.54) is 0 Å². The molecule has 0 fully saturated rings. The van der Waals surface area contributed by atoms with Gasteiger partial charge in [-0.1, -0.05) is 34.1 Å². The van der Waals surface area contributed by atoms with E-state index in [9.17, 15) is 4.79 Å². The number of rotatable bonds is 5. The Balaban J connectivity index is 4.32. The van der Waals surface area contributed by atoms with Crippen molar-refractivity contribution >= 4 is 5.97 Å². The molecule has 0 amide bonds. The number of hydrogen-bond donors (Lipinski definition) is 1. The van der Waals surface area contributed by atoms with E-state index in [1.54, 1.807) is 0 Å². The first kappa shape index (κ1) is 11.5. The van der Waals surface area contributed by atoms with Crippen molar-refractivity contribution < 1.29 is 9.90 Å². The lowest BCUT2D eigenvalue weighted by molar-refractivity contribution is -0.140. The smallest absolute Gasteiger partial charge is 0.303 e. The first-order valence-corrected chi connectivity index (χ1v) is 4.68. The first-order chi connectivity index (χ1) is 5.46. The van der Waals surface area contributed by atoms with E-state index < -0.39 is 5.97 Å². The minimum Gasteiger partial charge on any atom is -0.481 e. The second-order valence-electron chi connectivity index (χ2n) is 3.89. The molecule has 0 aromatic rings. The Hall–Kier alpha value is -0.530. The maximum absolute atomic E-state index is 10.6. The van der Waals surface area contributed by atoms with Crippen molar-refractivity contribution in [3.8, 4) is 0 Å². The highest BCUT2D eigenvalue weighted by atomic mass is 16.4. The molecule has 2 atom stereocenters. The van der Waals surface area contributed by atoms with E-state index in [0.717, 1.165) is 12.8 Å². The van der Waals surface area contributed by atoms with Gasteiger partial charge in [0.1, 0.15) is 0 Å². The summed E-state index contributed by atoms with van der Waals surface area (Å²) in [6, 6.07) is 0. The van der Waals surface area contributed by atoms with Crippen molar-refractivity contribution in [3.63, 3.8) is 0 Å². The standard InChI is InChI=1S/C10H20O2/c1-5-8(3)10(4,6-2)7-9(11)12/h8H,5-7H2,1-4H3,(H,11,12). The van der Waals surface area contributed by atoms with Crippen LogP contribution in [0.2, 0.25) is 0 Å². The highest BCUT2D eigenvalue weighted by Crippen LogP contribution is 2.36. The summed E-state index contributed by atoms with van der Waals surface area (Å²) in [5.74, 6) is -0.196. The molecular weight excluding hydrogens is 152 g/mol. The van der Waals surface area contributed by atoms with Gasteiger partial charge >= 0.3 is 5.97 Å². The molecule has 0 aliphatic heterocycles. The van der Waals surface area contributed by atoms with Crippen molar-refractivity contribution in [2.24, 2.45) is 11.3 Å². The predicted molar refractivity (Wildman–Crippen MR) is 50.1 cm³/mol. The molecule has 0 radical (unpaired) electrons. The fraction of sp³-hybridized carbons (Fsp3) is 0.900. The number of aliphatic carboxylic acids is 1. The average molecular weight is 172 g/mol. The van der Waals surface area contributed by atoms with Gasteiger partial charge in [-0.05, 0) is 17.8 Å². The molecule has 12 heavy (non-hydrogen) atoms. The summed E-state index contributed by atoms with van der Waals surface area (Å²) >= 11 is 0. The average Bonchev–Trinajstić information content (AvgIpc) is 2.01. The zero-order chi connectivity index (χ0) is 9.78. The van der Waals surface area contributed by atoms with E-state index in [2.05, 4.69) is 27.7 Å². The third-order valence-corrected chi connectivity index (χ3v) is 3.16. The van der Waals surface area contributed by atoms with Gasteiger partial charge in [0.25, 0.3) is 0 Å². The fourth-order valence-electron chi connectivity index (χ4n) is 1.49. The minimum atomic E-state index is -0.681. The largest absolute Gasteiger partial charge is 0.481 e. The normalized spacial score (nSPS) is 18.3. The second kappa shape index (κ2) is 4.48. The maximum Gasteiger partial charge on any atom is 0.303 e. The highest BCUT2D eigenvalue weighted by Gasteiger charge is 2.30. The molecule has 0 aliphatic rings. The third kappa shape index (κ3) is 2.84. The van der Waals surface area contributed by atoms with Gasteiger partial charge in [0.2, 0.25) is 0 Å². The molecule has 72 valence electrons. The lowest BCUT2D eigenvalue weighted by atomic mass is 9.72. The molecule has 0 aromatic heterocycles. The summed E-state index contributed by atoms with van der Waals surface area (Å²) in [5.41, 5.74) is -0.0272. The van der Waals surface area contributed by atoms with Crippen LogP contribution in [0.1, 0.15) is 47.0 Å². The van der Waals surface area contributed by atoms with Gasteiger partial charge in [-0.2, -0.15) is 0 Å². The van der Waals surface area contributed by atoms with Crippen LogP contribution in [0.25, 0.3) is 0 Å². The Bertz CT molecular complexity index is 154. The van der Waals surface area contributed by atoms with E-state index in [-0.39, 0.29) is 5.41 Å². The van der Waals surface area contributed by atoms with Gasteiger partial charge in [-0.3, -0.25) is 4.79 Å². The van der Waals surface area contributed by atoms with E-state index in [4.69, 9.17) is 5.11 Å². The third-order valence-electron chi connectivity index (χ3n) is 3.16. The van der Waals surface area contributed by atoms with Crippen LogP contribution in [0.3, 0.4) is 0 Å². The van der Waals surface area contributed by atoms with Gasteiger partial charge in [-0.25, -0.2) is 0 Å². The number of carbonyl (C=O) groups is 1.